The molecule has 0 amide bonds. The second-order valence-electron chi connectivity index (χ2n) is 6.40. The third-order valence-electron chi connectivity index (χ3n) is 3.99. The lowest BCUT2D eigenvalue weighted by molar-refractivity contribution is -0.141. The molecule has 12 heteroatoms. The van der Waals surface area contributed by atoms with Crippen molar-refractivity contribution in [2.45, 2.75) is 18.8 Å². The first-order chi connectivity index (χ1) is 14.2. The van der Waals surface area contributed by atoms with Gasteiger partial charge in [-0.05, 0) is 12.1 Å². The van der Waals surface area contributed by atoms with Crippen LogP contribution in [-0.4, -0.2) is 61.7 Å². The highest BCUT2D eigenvalue weighted by Gasteiger charge is 2.34. The van der Waals surface area contributed by atoms with Crippen LogP contribution in [0.2, 0.25) is 0 Å². The molecule has 30 heavy (non-hydrogen) atoms. The summed E-state index contributed by atoms with van der Waals surface area (Å²) in [5.74, 6) is -0.212. The molecule has 0 bridgehead atoms. The van der Waals surface area contributed by atoms with E-state index in [1.807, 2.05) is 0 Å². The minimum absolute atomic E-state index is 0.0582. The number of nitrogens with zero attached hydrogens (tertiary/aromatic N) is 6. The number of hydrogen-bond donors (Lipinski definition) is 2. The number of alkyl halides is 3. The fourth-order valence-electron chi connectivity index (χ4n) is 2.59. The number of aliphatic hydroxyl groups excluding tert-OH is 1. The van der Waals surface area contributed by atoms with E-state index in [1.54, 1.807) is 25.4 Å². The van der Waals surface area contributed by atoms with Gasteiger partial charge in [0.05, 0.1) is 38.2 Å². The molecule has 9 nitrogen and oxygen atoms in total. The van der Waals surface area contributed by atoms with E-state index in [1.165, 1.54) is 35.3 Å². The third-order valence-corrected chi connectivity index (χ3v) is 3.99. The Balaban J connectivity index is 1.80. The van der Waals surface area contributed by atoms with E-state index in [2.05, 4.69) is 25.4 Å². The smallest absolute Gasteiger partial charge is 0.390 e. The van der Waals surface area contributed by atoms with Crippen molar-refractivity contribution in [2.75, 3.05) is 26.0 Å². The number of hydroxylamine groups is 2. The van der Waals surface area contributed by atoms with Crippen molar-refractivity contribution in [3.8, 4) is 11.5 Å². The highest BCUT2D eigenvalue weighted by Crippen LogP contribution is 2.31. The van der Waals surface area contributed by atoms with Crippen LogP contribution in [0.3, 0.4) is 0 Å². The fourth-order valence-corrected chi connectivity index (χ4v) is 2.59. The second kappa shape index (κ2) is 9.15. The van der Waals surface area contributed by atoms with Crippen molar-refractivity contribution in [3.05, 3.63) is 48.5 Å². The fraction of sp³-hybridized carbons (Fsp3) is 0.333. The molecular weight excluding hydrogens is 403 g/mol. The summed E-state index contributed by atoms with van der Waals surface area (Å²) < 4.78 is 41.3. The molecule has 1 unspecified atom stereocenters. The van der Waals surface area contributed by atoms with Crippen LogP contribution in [-0.2, 0) is 17.6 Å². The number of pyridine rings is 1. The Morgan fingerprint density at radius 2 is 2.10 bits per heavy atom. The third kappa shape index (κ3) is 5.72. The van der Waals surface area contributed by atoms with Crippen LogP contribution in [0.25, 0.3) is 11.5 Å². The van der Waals surface area contributed by atoms with Crippen molar-refractivity contribution < 1.29 is 23.1 Å². The molecule has 0 fully saturated rings. The zero-order valence-corrected chi connectivity index (χ0v) is 16.2. The van der Waals surface area contributed by atoms with Gasteiger partial charge in [-0.1, -0.05) is 6.07 Å². The van der Waals surface area contributed by atoms with E-state index in [4.69, 9.17) is 4.84 Å². The summed E-state index contributed by atoms with van der Waals surface area (Å²) in [6.45, 7) is 0.430. The molecular formula is C18H20F3N7O2. The molecule has 3 heterocycles. The van der Waals surface area contributed by atoms with Crippen LogP contribution >= 0.6 is 0 Å². The van der Waals surface area contributed by atoms with Gasteiger partial charge in [-0.25, -0.2) is 9.97 Å². The van der Waals surface area contributed by atoms with Gasteiger partial charge in [0.15, 0.2) is 11.5 Å². The van der Waals surface area contributed by atoms with E-state index in [9.17, 15) is 18.3 Å². The number of halogens is 3. The largest absolute Gasteiger partial charge is 0.433 e. The molecule has 3 rings (SSSR count). The van der Waals surface area contributed by atoms with Crippen molar-refractivity contribution in [2.24, 2.45) is 0 Å². The average Bonchev–Trinajstić information content (AvgIpc) is 3.14. The van der Waals surface area contributed by atoms with E-state index in [0.717, 1.165) is 6.07 Å². The summed E-state index contributed by atoms with van der Waals surface area (Å²) in [7, 11) is 3.16. The Morgan fingerprint density at radius 3 is 2.77 bits per heavy atom. The van der Waals surface area contributed by atoms with Crippen molar-refractivity contribution in [3.63, 3.8) is 0 Å². The standard InChI is InChI=1S/C18H20F3N7O2/c1-27(30-2)10-13(29)11-28-9-12(8-23-28)24-16-7-15(18(19,20)21)25-17(26-16)14-5-3-4-6-22-14/h3-9,13,29H,10-11H2,1-2H3,(H,24,25,26). The Labute approximate surface area is 170 Å². The summed E-state index contributed by atoms with van der Waals surface area (Å²) in [4.78, 5) is 16.7. The summed E-state index contributed by atoms with van der Waals surface area (Å²) in [6.07, 6.45) is -0.990. The van der Waals surface area contributed by atoms with Crippen molar-refractivity contribution >= 4 is 11.5 Å². The molecule has 0 aliphatic rings. The topological polar surface area (TPSA) is 101 Å². The zero-order chi connectivity index (χ0) is 21.7. The SMILES string of the molecule is CON(C)CC(O)Cn1cc(Nc2cc(C(F)(F)F)nc(-c3ccccn3)n2)cn1. The average molecular weight is 423 g/mol. The van der Waals surface area contributed by atoms with E-state index in [-0.39, 0.29) is 30.4 Å². The number of aromatic nitrogens is 5. The number of aliphatic hydroxyl groups is 1. The predicted molar refractivity (Wildman–Crippen MR) is 101 cm³/mol. The lowest BCUT2D eigenvalue weighted by Crippen LogP contribution is -2.31. The molecule has 1 atom stereocenters. The zero-order valence-electron chi connectivity index (χ0n) is 16.2. The molecule has 0 spiro atoms. The van der Waals surface area contributed by atoms with Gasteiger partial charge in [0.25, 0.3) is 0 Å². The maximum absolute atomic E-state index is 13.3. The van der Waals surface area contributed by atoms with Crippen molar-refractivity contribution in [1.29, 1.82) is 0 Å². The normalized spacial score (nSPS) is 12.9. The highest BCUT2D eigenvalue weighted by molar-refractivity contribution is 5.59. The van der Waals surface area contributed by atoms with Gasteiger partial charge in [0, 0.05) is 25.5 Å². The first kappa shape index (κ1) is 21.6. The molecule has 3 aromatic heterocycles. The molecule has 0 saturated carbocycles. The lowest BCUT2D eigenvalue weighted by atomic mass is 10.3. The van der Waals surface area contributed by atoms with Gasteiger partial charge < -0.3 is 15.3 Å². The summed E-state index contributed by atoms with van der Waals surface area (Å²) in [5.41, 5.74) is -0.472. The molecule has 3 aromatic rings. The maximum atomic E-state index is 13.3. The Kier molecular flexibility index (Phi) is 6.59. The van der Waals surface area contributed by atoms with Crippen LogP contribution in [0, 0.1) is 0 Å². The lowest BCUT2D eigenvalue weighted by Gasteiger charge is -2.17. The highest BCUT2D eigenvalue weighted by atomic mass is 19.4. The number of hydrogen-bond acceptors (Lipinski definition) is 8. The molecule has 2 N–H and O–H groups in total. The van der Waals surface area contributed by atoms with Gasteiger partial charge in [0.2, 0.25) is 0 Å². The molecule has 0 saturated heterocycles. The number of nitrogens with one attached hydrogen (secondary N) is 1. The van der Waals surface area contributed by atoms with Gasteiger partial charge in [0.1, 0.15) is 11.5 Å². The van der Waals surface area contributed by atoms with E-state index >= 15 is 0 Å². The molecule has 0 radical (unpaired) electrons. The number of anilines is 2. The van der Waals surface area contributed by atoms with Crippen LogP contribution in [0.1, 0.15) is 5.69 Å². The second-order valence-corrected chi connectivity index (χ2v) is 6.40. The van der Waals surface area contributed by atoms with Gasteiger partial charge >= 0.3 is 6.18 Å². The quantitative estimate of drug-likeness (QED) is 0.533. The van der Waals surface area contributed by atoms with Crippen LogP contribution in [0.5, 0.6) is 0 Å². The maximum Gasteiger partial charge on any atom is 0.433 e. The molecule has 160 valence electrons. The van der Waals surface area contributed by atoms with Crippen LogP contribution in [0.15, 0.2) is 42.9 Å². The monoisotopic (exact) mass is 423 g/mol. The Hall–Kier alpha value is -3.09. The number of likely N-dealkylation sites (N-methyl/N-ethyl adjacent to an activating group) is 1. The molecule has 0 aliphatic heterocycles. The predicted octanol–water partition coefficient (Wildman–Crippen LogP) is 2.35. The minimum Gasteiger partial charge on any atom is -0.390 e. The van der Waals surface area contributed by atoms with Crippen LogP contribution < -0.4 is 5.32 Å². The molecule has 0 aromatic carbocycles. The Bertz CT molecular complexity index is 966. The van der Waals surface area contributed by atoms with Gasteiger partial charge in [-0.15, -0.1) is 0 Å². The van der Waals surface area contributed by atoms with E-state index in [0.29, 0.717) is 5.69 Å². The molecule has 0 aliphatic carbocycles. The summed E-state index contributed by atoms with van der Waals surface area (Å²) in [5, 5.41) is 18.4. The van der Waals surface area contributed by atoms with Crippen molar-refractivity contribution in [1.82, 2.24) is 29.8 Å². The number of rotatable bonds is 8. The summed E-state index contributed by atoms with van der Waals surface area (Å²) in [6, 6.07) is 5.61. The Morgan fingerprint density at radius 1 is 1.30 bits per heavy atom. The van der Waals surface area contributed by atoms with Crippen LogP contribution in [0.4, 0.5) is 24.7 Å². The summed E-state index contributed by atoms with van der Waals surface area (Å²) >= 11 is 0. The first-order valence-electron chi connectivity index (χ1n) is 8.85. The van der Waals surface area contributed by atoms with Gasteiger partial charge in [-0.2, -0.15) is 23.3 Å². The van der Waals surface area contributed by atoms with Gasteiger partial charge in [-0.3, -0.25) is 9.67 Å². The minimum atomic E-state index is -4.65. The first-order valence-corrected chi connectivity index (χ1v) is 8.85. The van der Waals surface area contributed by atoms with E-state index < -0.39 is 18.0 Å².